The number of nitrogens with one attached hydrogen (secondary N) is 2. The van der Waals surface area contributed by atoms with E-state index in [9.17, 15) is 0 Å². The number of hydrogen-bond donors (Lipinski definition) is 2. The van der Waals surface area contributed by atoms with Gasteiger partial charge < -0.3 is 10.6 Å². The van der Waals surface area contributed by atoms with Gasteiger partial charge in [-0.2, -0.15) is 5.10 Å². The smallest absolute Gasteiger partial charge is 0.104 e. The van der Waals surface area contributed by atoms with E-state index in [-0.39, 0.29) is 0 Å². The normalized spacial score (nSPS) is 10.1. The highest BCUT2D eigenvalue weighted by Crippen LogP contribution is 2.32. The summed E-state index contributed by atoms with van der Waals surface area (Å²) in [7, 11) is 1.84. The van der Waals surface area contributed by atoms with Crippen molar-refractivity contribution in [2.75, 3.05) is 30.9 Å². The predicted octanol–water partition coefficient (Wildman–Crippen LogP) is 4.89. The lowest BCUT2D eigenvalue weighted by Gasteiger charge is -2.18. The standard InChI is InChI=1S/C17H27ClN4/c1-5-7-8-9-12-20-15-10-11-16(17(18)14(15)6-2)21-13-22(4)19-3/h6,10-11,20-21H,2-3,5,7-9,12-13H2,1,4H3. The van der Waals surface area contributed by atoms with Crippen LogP contribution in [-0.4, -0.2) is 32.0 Å². The van der Waals surface area contributed by atoms with E-state index < -0.39 is 0 Å². The van der Waals surface area contributed by atoms with Gasteiger partial charge in [0.05, 0.1) is 10.7 Å². The Kier molecular flexibility index (Phi) is 8.44. The molecule has 22 heavy (non-hydrogen) atoms. The molecule has 122 valence electrons. The fourth-order valence-corrected chi connectivity index (χ4v) is 2.42. The van der Waals surface area contributed by atoms with Gasteiger partial charge >= 0.3 is 0 Å². The SMILES string of the molecule is C=Cc1c(NCCCCCC)ccc(NCN(C)N=C)c1Cl. The molecule has 1 aromatic carbocycles. The van der Waals surface area contributed by atoms with Crippen LogP contribution in [0.15, 0.2) is 23.8 Å². The highest BCUT2D eigenvalue weighted by molar-refractivity contribution is 6.35. The summed E-state index contributed by atoms with van der Waals surface area (Å²) >= 11 is 6.46. The molecule has 0 saturated carbocycles. The molecule has 0 saturated heterocycles. The molecule has 2 N–H and O–H groups in total. The summed E-state index contributed by atoms with van der Waals surface area (Å²) in [5.74, 6) is 0. The average Bonchev–Trinajstić information content (AvgIpc) is 2.53. The van der Waals surface area contributed by atoms with Gasteiger partial charge in [0.2, 0.25) is 0 Å². The van der Waals surface area contributed by atoms with Crippen LogP contribution in [-0.2, 0) is 0 Å². The van der Waals surface area contributed by atoms with Crippen molar-refractivity contribution in [2.45, 2.75) is 32.6 Å². The molecule has 0 aliphatic heterocycles. The van der Waals surface area contributed by atoms with E-state index in [4.69, 9.17) is 11.6 Å². The van der Waals surface area contributed by atoms with Crippen LogP contribution in [0.3, 0.4) is 0 Å². The lowest BCUT2D eigenvalue weighted by Crippen LogP contribution is -2.19. The third-order valence-corrected chi connectivity index (χ3v) is 3.88. The maximum absolute atomic E-state index is 6.46. The Morgan fingerprint density at radius 3 is 2.59 bits per heavy atom. The molecule has 0 bridgehead atoms. The fraction of sp³-hybridized carbons (Fsp3) is 0.471. The minimum absolute atomic E-state index is 0.545. The summed E-state index contributed by atoms with van der Waals surface area (Å²) in [6, 6.07) is 4.01. The zero-order valence-corrected chi connectivity index (χ0v) is 14.4. The lowest BCUT2D eigenvalue weighted by atomic mass is 10.1. The molecule has 0 unspecified atom stereocenters. The zero-order valence-electron chi connectivity index (χ0n) is 13.7. The van der Waals surface area contributed by atoms with Gasteiger partial charge in [-0.05, 0) is 18.6 Å². The Morgan fingerprint density at radius 2 is 1.95 bits per heavy atom. The van der Waals surface area contributed by atoms with Crippen LogP contribution < -0.4 is 10.6 Å². The number of hydrogen-bond acceptors (Lipinski definition) is 4. The highest BCUT2D eigenvalue weighted by Gasteiger charge is 2.09. The second-order valence-electron chi connectivity index (χ2n) is 5.21. The van der Waals surface area contributed by atoms with Gasteiger partial charge in [0.15, 0.2) is 0 Å². The number of nitrogens with zero attached hydrogens (tertiary/aromatic N) is 2. The molecule has 4 nitrogen and oxygen atoms in total. The molecule has 0 spiro atoms. The van der Waals surface area contributed by atoms with Crippen molar-refractivity contribution in [3.05, 3.63) is 29.3 Å². The van der Waals surface area contributed by atoms with Gasteiger partial charge in [-0.1, -0.05) is 50.4 Å². The molecule has 1 aromatic rings. The summed E-state index contributed by atoms with van der Waals surface area (Å²) in [6.07, 6.45) is 6.74. The van der Waals surface area contributed by atoms with E-state index in [0.29, 0.717) is 11.7 Å². The van der Waals surface area contributed by atoms with Crippen LogP contribution >= 0.6 is 11.6 Å². The quantitative estimate of drug-likeness (QED) is 0.264. The molecule has 0 radical (unpaired) electrons. The van der Waals surface area contributed by atoms with Gasteiger partial charge in [0, 0.05) is 31.6 Å². The van der Waals surface area contributed by atoms with Crippen LogP contribution in [0.4, 0.5) is 11.4 Å². The highest BCUT2D eigenvalue weighted by atomic mass is 35.5. The largest absolute Gasteiger partial charge is 0.385 e. The Labute approximate surface area is 139 Å². The lowest BCUT2D eigenvalue weighted by molar-refractivity contribution is 0.385. The summed E-state index contributed by atoms with van der Waals surface area (Å²) < 4.78 is 0. The topological polar surface area (TPSA) is 39.7 Å². The maximum Gasteiger partial charge on any atom is 0.104 e. The Bertz CT molecular complexity index is 488. The first kappa shape index (κ1) is 18.4. The molecule has 0 heterocycles. The predicted molar refractivity (Wildman–Crippen MR) is 100.0 cm³/mol. The molecule has 0 amide bonds. The minimum Gasteiger partial charge on any atom is -0.385 e. The van der Waals surface area contributed by atoms with Crippen molar-refractivity contribution in [2.24, 2.45) is 5.10 Å². The van der Waals surface area contributed by atoms with Crippen molar-refractivity contribution in [1.29, 1.82) is 0 Å². The van der Waals surface area contributed by atoms with E-state index in [2.05, 4.69) is 36.0 Å². The second kappa shape index (κ2) is 10.1. The first-order chi connectivity index (χ1) is 10.6. The number of hydrazone groups is 1. The van der Waals surface area contributed by atoms with Crippen molar-refractivity contribution < 1.29 is 0 Å². The Morgan fingerprint density at radius 1 is 1.23 bits per heavy atom. The van der Waals surface area contributed by atoms with E-state index in [1.165, 1.54) is 19.3 Å². The van der Waals surface area contributed by atoms with Crippen molar-refractivity contribution in [3.8, 4) is 0 Å². The summed E-state index contributed by atoms with van der Waals surface area (Å²) in [6.45, 7) is 11.1. The number of rotatable bonds is 11. The fourth-order valence-electron chi connectivity index (χ4n) is 2.11. The van der Waals surface area contributed by atoms with E-state index >= 15 is 0 Å². The Hall–Kier alpha value is -1.68. The van der Waals surface area contributed by atoms with Crippen molar-refractivity contribution in [1.82, 2.24) is 5.01 Å². The first-order valence-corrected chi connectivity index (χ1v) is 8.12. The van der Waals surface area contributed by atoms with Crippen LogP contribution in [0, 0.1) is 0 Å². The molecule has 0 aliphatic carbocycles. The van der Waals surface area contributed by atoms with Crippen LogP contribution in [0.2, 0.25) is 5.02 Å². The molecular formula is C17H27ClN4. The zero-order chi connectivity index (χ0) is 16.4. The molecule has 0 fully saturated rings. The number of benzene rings is 1. The number of unbranched alkanes of at least 4 members (excludes halogenated alkanes) is 3. The number of anilines is 2. The van der Waals surface area contributed by atoms with Crippen molar-refractivity contribution in [3.63, 3.8) is 0 Å². The summed E-state index contributed by atoms with van der Waals surface area (Å²) in [4.78, 5) is 0. The summed E-state index contributed by atoms with van der Waals surface area (Å²) in [5.41, 5.74) is 2.82. The van der Waals surface area contributed by atoms with Crippen LogP contribution in [0.25, 0.3) is 6.08 Å². The van der Waals surface area contributed by atoms with Gasteiger partial charge in [0.25, 0.3) is 0 Å². The third-order valence-electron chi connectivity index (χ3n) is 3.47. The molecule has 1 rings (SSSR count). The summed E-state index contributed by atoms with van der Waals surface area (Å²) in [5, 5.41) is 12.9. The molecular weight excluding hydrogens is 296 g/mol. The second-order valence-corrected chi connectivity index (χ2v) is 5.59. The van der Waals surface area contributed by atoms with Gasteiger partial charge in [-0.15, -0.1) is 0 Å². The Balaban J connectivity index is 2.69. The monoisotopic (exact) mass is 322 g/mol. The van der Waals surface area contributed by atoms with E-state index in [1.54, 1.807) is 11.1 Å². The van der Waals surface area contributed by atoms with Crippen molar-refractivity contribution >= 4 is 35.8 Å². The third kappa shape index (κ3) is 5.60. The number of halogens is 1. The molecule has 0 aliphatic rings. The van der Waals surface area contributed by atoms with Crippen LogP contribution in [0.1, 0.15) is 38.2 Å². The average molecular weight is 323 g/mol. The molecule has 0 atom stereocenters. The van der Waals surface area contributed by atoms with Crippen LogP contribution in [0.5, 0.6) is 0 Å². The van der Waals surface area contributed by atoms with Gasteiger partial charge in [0.1, 0.15) is 6.67 Å². The van der Waals surface area contributed by atoms with Gasteiger partial charge in [-0.3, -0.25) is 5.01 Å². The molecule has 5 heteroatoms. The minimum atomic E-state index is 0.545. The van der Waals surface area contributed by atoms with Gasteiger partial charge in [-0.25, -0.2) is 0 Å². The van der Waals surface area contributed by atoms with E-state index in [1.807, 2.05) is 19.2 Å². The first-order valence-electron chi connectivity index (χ1n) is 7.74. The maximum atomic E-state index is 6.46. The molecule has 0 aromatic heterocycles. The van der Waals surface area contributed by atoms with E-state index in [0.717, 1.165) is 29.9 Å².